The van der Waals surface area contributed by atoms with Gasteiger partial charge in [0.1, 0.15) is 5.60 Å². The van der Waals surface area contributed by atoms with Crippen LogP contribution in [0.25, 0.3) is 0 Å². The number of ether oxygens (including phenoxy) is 1. The molecule has 196 valence electrons. The van der Waals surface area contributed by atoms with Gasteiger partial charge in [-0.1, -0.05) is 80.2 Å². The first-order valence-electron chi connectivity index (χ1n) is 14.6. The predicted molar refractivity (Wildman–Crippen MR) is 141 cm³/mol. The number of fused-ring (bicyclic) bond motifs is 4. The van der Waals surface area contributed by atoms with E-state index in [9.17, 15) is 10.2 Å². The van der Waals surface area contributed by atoms with E-state index in [1.807, 2.05) is 0 Å². The quantitative estimate of drug-likeness (QED) is 0.381. The van der Waals surface area contributed by atoms with E-state index in [1.165, 1.54) is 24.8 Å². The van der Waals surface area contributed by atoms with Gasteiger partial charge in [-0.15, -0.1) is 0 Å². The highest BCUT2D eigenvalue weighted by molar-refractivity contribution is 5.42. The number of hydrogen-bond donors (Lipinski definition) is 2. The van der Waals surface area contributed by atoms with Crippen molar-refractivity contribution in [2.24, 2.45) is 39.9 Å². The molecule has 2 N–H and O–H groups in total. The molecule has 0 spiro atoms. The van der Waals surface area contributed by atoms with E-state index in [0.717, 1.165) is 57.5 Å². The third-order valence-electron chi connectivity index (χ3n) is 11.7. The standard InChI is InChI=1S/C31H54O3/c1-9-26(32)31-23-13-14-25-28(5,6)27(33)16-17-29(25,7)22(23)15-18-30(31,8)24(19-34-31)21(4)12-10-11-20(2)3/h20-21,24-27,32-33H,9-19H2,1-8H3. The molecule has 0 bridgehead atoms. The van der Waals surface area contributed by atoms with Gasteiger partial charge in [0.15, 0.2) is 0 Å². The first kappa shape index (κ1) is 26.7. The molecule has 1 aliphatic heterocycles. The minimum Gasteiger partial charge on any atom is -0.393 e. The SMILES string of the molecule is CCC(O)C12OCC(C(C)CCCC(C)C)C1(C)CCC1=C2CCC2C1(C)CCC(O)C2(C)C. The fourth-order valence-corrected chi connectivity index (χ4v) is 9.56. The molecule has 4 rings (SSSR count). The Labute approximate surface area is 210 Å². The summed E-state index contributed by atoms with van der Waals surface area (Å²) in [5, 5.41) is 22.6. The Balaban J connectivity index is 1.73. The molecular formula is C31H54O3. The summed E-state index contributed by atoms with van der Waals surface area (Å²) >= 11 is 0. The van der Waals surface area contributed by atoms with Gasteiger partial charge in [0.2, 0.25) is 0 Å². The summed E-state index contributed by atoms with van der Waals surface area (Å²) in [4.78, 5) is 0. The topological polar surface area (TPSA) is 49.7 Å². The number of hydrogen-bond acceptors (Lipinski definition) is 3. The lowest BCUT2D eigenvalue weighted by Gasteiger charge is -2.62. The normalized spacial score (nSPS) is 43.3. The fraction of sp³-hybridized carbons (Fsp3) is 0.935. The lowest BCUT2D eigenvalue weighted by atomic mass is 9.44. The van der Waals surface area contributed by atoms with Crippen LogP contribution in [0.4, 0.5) is 0 Å². The molecule has 8 unspecified atom stereocenters. The van der Waals surface area contributed by atoms with Crippen LogP contribution in [0, 0.1) is 39.9 Å². The van der Waals surface area contributed by atoms with Crippen LogP contribution in [0.15, 0.2) is 11.1 Å². The first-order chi connectivity index (χ1) is 15.9. The Hall–Kier alpha value is -0.380. The molecular weight excluding hydrogens is 420 g/mol. The molecule has 0 amide bonds. The molecule has 0 radical (unpaired) electrons. The summed E-state index contributed by atoms with van der Waals surface area (Å²) in [5.41, 5.74) is 2.58. The molecule has 8 atom stereocenters. The van der Waals surface area contributed by atoms with Crippen LogP contribution in [-0.2, 0) is 4.74 Å². The molecule has 1 saturated heterocycles. The summed E-state index contributed by atoms with van der Waals surface area (Å²) in [6, 6.07) is 0. The van der Waals surface area contributed by atoms with Gasteiger partial charge >= 0.3 is 0 Å². The van der Waals surface area contributed by atoms with E-state index >= 15 is 0 Å². The van der Waals surface area contributed by atoms with E-state index < -0.39 is 11.7 Å². The van der Waals surface area contributed by atoms with Crippen LogP contribution in [0.2, 0.25) is 0 Å². The average molecular weight is 475 g/mol. The van der Waals surface area contributed by atoms with Crippen molar-refractivity contribution in [3.63, 3.8) is 0 Å². The maximum absolute atomic E-state index is 11.7. The van der Waals surface area contributed by atoms with Crippen molar-refractivity contribution >= 4 is 0 Å². The van der Waals surface area contributed by atoms with Gasteiger partial charge in [-0.05, 0) is 85.0 Å². The molecule has 1 heterocycles. The lowest BCUT2D eigenvalue weighted by Crippen LogP contribution is -2.61. The van der Waals surface area contributed by atoms with Crippen molar-refractivity contribution in [1.82, 2.24) is 0 Å². The van der Waals surface area contributed by atoms with Crippen LogP contribution >= 0.6 is 0 Å². The third kappa shape index (κ3) is 3.69. The second kappa shape index (κ2) is 9.18. The number of aliphatic hydroxyl groups is 2. The van der Waals surface area contributed by atoms with Crippen LogP contribution in [0.1, 0.15) is 120 Å². The summed E-state index contributed by atoms with van der Waals surface area (Å²) in [6.45, 7) is 19.5. The smallest absolute Gasteiger partial charge is 0.121 e. The number of allylic oxidation sites excluding steroid dienone is 1. The van der Waals surface area contributed by atoms with Crippen LogP contribution < -0.4 is 0 Å². The zero-order valence-corrected chi connectivity index (χ0v) is 23.5. The molecule has 4 aliphatic rings. The maximum Gasteiger partial charge on any atom is 0.121 e. The van der Waals surface area contributed by atoms with Crippen molar-refractivity contribution in [3.8, 4) is 0 Å². The van der Waals surface area contributed by atoms with E-state index in [0.29, 0.717) is 17.8 Å². The molecule has 3 aliphatic carbocycles. The summed E-state index contributed by atoms with van der Waals surface area (Å²) < 4.78 is 6.97. The van der Waals surface area contributed by atoms with Gasteiger partial charge in [0.05, 0.1) is 18.8 Å². The van der Waals surface area contributed by atoms with Crippen LogP contribution in [0.5, 0.6) is 0 Å². The van der Waals surface area contributed by atoms with Crippen molar-refractivity contribution in [1.29, 1.82) is 0 Å². The van der Waals surface area contributed by atoms with Gasteiger partial charge < -0.3 is 14.9 Å². The molecule has 0 aromatic rings. The van der Waals surface area contributed by atoms with Crippen molar-refractivity contribution in [3.05, 3.63) is 11.1 Å². The predicted octanol–water partition coefficient (Wildman–Crippen LogP) is 7.30. The first-order valence-corrected chi connectivity index (χ1v) is 14.6. The van der Waals surface area contributed by atoms with Gasteiger partial charge in [0, 0.05) is 5.41 Å². The molecule has 0 aromatic carbocycles. The zero-order chi connectivity index (χ0) is 25.1. The second-order valence-corrected chi connectivity index (χ2v) is 14.1. The average Bonchev–Trinajstić information content (AvgIpc) is 3.10. The Morgan fingerprint density at radius 3 is 2.32 bits per heavy atom. The summed E-state index contributed by atoms with van der Waals surface area (Å²) in [6.07, 6.45) is 10.3. The largest absolute Gasteiger partial charge is 0.393 e. The summed E-state index contributed by atoms with van der Waals surface area (Å²) in [5.74, 6) is 2.38. The highest BCUT2D eigenvalue weighted by Crippen LogP contribution is 2.69. The minimum absolute atomic E-state index is 0.00853. The van der Waals surface area contributed by atoms with Crippen molar-refractivity contribution < 1.29 is 14.9 Å². The van der Waals surface area contributed by atoms with Gasteiger partial charge in [-0.2, -0.15) is 0 Å². The maximum atomic E-state index is 11.7. The molecule has 1 saturated carbocycles. The monoisotopic (exact) mass is 474 g/mol. The Morgan fingerprint density at radius 2 is 1.68 bits per heavy atom. The number of aliphatic hydroxyl groups excluding tert-OH is 2. The van der Waals surface area contributed by atoms with Gasteiger partial charge in [-0.3, -0.25) is 0 Å². The van der Waals surface area contributed by atoms with E-state index in [1.54, 1.807) is 5.57 Å². The van der Waals surface area contributed by atoms with Crippen molar-refractivity contribution in [2.45, 2.75) is 137 Å². The van der Waals surface area contributed by atoms with E-state index in [2.05, 4.69) is 55.4 Å². The highest BCUT2D eigenvalue weighted by atomic mass is 16.5. The molecule has 34 heavy (non-hydrogen) atoms. The van der Waals surface area contributed by atoms with Gasteiger partial charge in [0.25, 0.3) is 0 Å². The molecule has 3 nitrogen and oxygen atoms in total. The van der Waals surface area contributed by atoms with Gasteiger partial charge in [-0.25, -0.2) is 0 Å². The van der Waals surface area contributed by atoms with E-state index in [4.69, 9.17) is 4.74 Å². The second-order valence-electron chi connectivity index (χ2n) is 14.1. The van der Waals surface area contributed by atoms with Crippen molar-refractivity contribution in [2.75, 3.05) is 6.61 Å². The molecule has 0 aromatic heterocycles. The Kier molecular flexibility index (Phi) is 7.20. The Bertz CT molecular complexity index is 784. The van der Waals surface area contributed by atoms with Crippen LogP contribution in [0.3, 0.4) is 0 Å². The lowest BCUT2D eigenvalue weighted by molar-refractivity contribution is -0.141. The third-order valence-corrected chi connectivity index (χ3v) is 11.7. The van der Waals surface area contributed by atoms with E-state index in [-0.39, 0.29) is 22.3 Å². The zero-order valence-electron chi connectivity index (χ0n) is 23.5. The molecule has 2 fully saturated rings. The number of rotatable bonds is 7. The van der Waals surface area contributed by atoms with Crippen LogP contribution in [-0.4, -0.2) is 34.6 Å². The minimum atomic E-state index is -0.527. The highest BCUT2D eigenvalue weighted by Gasteiger charge is 2.68. The summed E-state index contributed by atoms with van der Waals surface area (Å²) in [7, 11) is 0. The molecule has 3 heteroatoms. The Morgan fingerprint density at radius 1 is 0.971 bits per heavy atom. The fourth-order valence-electron chi connectivity index (χ4n) is 9.56.